The normalized spacial score (nSPS) is 55.7. The van der Waals surface area contributed by atoms with Gasteiger partial charge >= 0.3 is 11.9 Å². The lowest BCUT2D eigenvalue weighted by Gasteiger charge is -2.67. The van der Waals surface area contributed by atoms with Gasteiger partial charge < -0.3 is 19.3 Å². The van der Waals surface area contributed by atoms with E-state index < -0.39 is 28.1 Å². The molecule has 0 aromatic rings. The largest absolute Gasteiger partial charge is 0.465 e. The minimum Gasteiger partial charge on any atom is -0.465 e. The van der Waals surface area contributed by atoms with Crippen molar-refractivity contribution in [3.8, 4) is 0 Å². The number of aliphatic hydroxyl groups excluding tert-OH is 1. The number of ether oxygens (including phenoxy) is 3. The number of rotatable bonds is 0. The zero-order chi connectivity index (χ0) is 18.4. The van der Waals surface area contributed by atoms with Crippen molar-refractivity contribution in [1.82, 2.24) is 0 Å². The Morgan fingerprint density at radius 2 is 1.85 bits per heavy atom. The summed E-state index contributed by atoms with van der Waals surface area (Å²) in [6, 6.07) is 0. The number of carbonyl (C=O) groups is 2. The highest BCUT2D eigenvalue weighted by Gasteiger charge is 2.76. The maximum Gasteiger partial charge on any atom is 0.338 e. The molecule has 6 nitrogen and oxygen atoms in total. The first kappa shape index (κ1) is 17.0. The second-order valence-electron chi connectivity index (χ2n) is 9.56. The van der Waals surface area contributed by atoms with E-state index in [2.05, 4.69) is 6.92 Å². The molecule has 2 aliphatic carbocycles. The SMILES string of the molecule is C[C@@H]1C[C@@H](O)[C@@H]2[C@@]3(CCC[C@]2(C)C(=O)OC3)[C@@]12CC[C@@]1(CCOC1=O)O2. The number of aliphatic hydroxyl groups is 1. The monoisotopic (exact) mass is 364 g/mol. The average molecular weight is 364 g/mol. The summed E-state index contributed by atoms with van der Waals surface area (Å²) in [5.74, 6) is -0.504. The van der Waals surface area contributed by atoms with Gasteiger partial charge in [-0.15, -0.1) is 0 Å². The van der Waals surface area contributed by atoms with E-state index in [1.807, 2.05) is 6.92 Å². The second kappa shape index (κ2) is 5.02. The maximum absolute atomic E-state index is 12.7. The van der Waals surface area contributed by atoms with E-state index in [4.69, 9.17) is 14.2 Å². The van der Waals surface area contributed by atoms with E-state index in [0.717, 1.165) is 25.7 Å². The van der Waals surface area contributed by atoms with E-state index in [-0.39, 0.29) is 23.8 Å². The third-order valence-electron chi connectivity index (χ3n) is 8.54. The molecule has 0 aromatic carbocycles. The first-order valence-corrected chi connectivity index (χ1v) is 10.0. The Morgan fingerprint density at radius 3 is 2.58 bits per heavy atom. The van der Waals surface area contributed by atoms with Crippen LogP contribution in [-0.4, -0.2) is 47.6 Å². The standard InChI is InChI=1S/C20H28O6/c1-12-10-13(21)14-17(2)4-3-5-18(14,11-25-15(17)22)20(12)7-6-19(26-20)8-9-24-16(19)23/h12-14,21H,3-11H2,1-2H3/t12-,13-,14+,17+,18+,19+,20-/m1/s1. The van der Waals surface area contributed by atoms with Crippen molar-refractivity contribution >= 4 is 11.9 Å². The first-order chi connectivity index (χ1) is 12.3. The van der Waals surface area contributed by atoms with Crippen molar-refractivity contribution in [2.24, 2.45) is 22.7 Å². The highest BCUT2D eigenvalue weighted by Crippen LogP contribution is 2.70. The number of esters is 2. The molecule has 0 aromatic heterocycles. The van der Waals surface area contributed by atoms with Gasteiger partial charge in [0.1, 0.15) is 6.61 Å². The summed E-state index contributed by atoms with van der Waals surface area (Å²) >= 11 is 0. The molecule has 144 valence electrons. The van der Waals surface area contributed by atoms with Crippen LogP contribution < -0.4 is 0 Å². The van der Waals surface area contributed by atoms with Crippen LogP contribution in [0.3, 0.4) is 0 Å². The topological polar surface area (TPSA) is 82.1 Å². The van der Waals surface area contributed by atoms with E-state index >= 15 is 0 Å². The van der Waals surface area contributed by atoms with Crippen LogP contribution in [-0.2, 0) is 23.8 Å². The molecule has 2 saturated carbocycles. The zero-order valence-electron chi connectivity index (χ0n) is 15.6. The summed E-state index contributed by atoms with van der Waals surface area (Å²) in [6.45, 7) is 4.78. The Labute approximate surface area is 153 Å². The van der Waals surface area contributed by atoms with Gasteiger partial charge in [-0.1, -0.05) is 13.3 Å². The summed E-state index contributed by atoms with van der Waals surface area (Å²) in [5.41, 5.74) is -2.47. The fourth-order valence-electron chi connectivity index (χ4n) is 7.41. The number of carbonyl (C=O) groups excluding carboxylic acids is 2. The third-order valence-corrected chi connectivity index (χ3v) is 8.54. The predicted molar refractivity (Wildman–Crippen MR) is 90.0 cm³/mol. The van der Waals surface area contributed by atoms with Crippen LogP contribution in [0.5, 0.6) is 0 Å². The number of hydrogen-bond donors (Lipinski definition) is 1. The summed E-state index contributed by atoms with van der Waals surface area (Å²) in [6.07, 6.45) is 4.61. The molecule has 0 unspecified atom stereocenters. The fourth-order valence-corrected chi connectivity index (χ4v) is 7.41. The molecule has 5 fully saturated rings. The zero-order valence-corrected chi connectivity index (χ0v) is 15.6. The minimum absolute atomic E-state index is 0.0978. The molecule has 5 aliphatic rings. The smallest absolute Gasteiger partial charge is 0.338 e. The molecule has 26 heavy (non-hydrogen) atoms. The van der Waals surface area contributed by atoms with Crippen molar-refractivity contribution in [2.45, 2.75) is 76.1 Å². The first-order valence-electron chi connectivity index (χ1n) is 10.0. The Morgan fingerprint density at radius 1 is 1.04 bits per heavy atom. The van der Waals surface area contributed by atoms with E-state index in [0.29, 0.717) is 32.5 Å². The van der Waals surface area contributed by atoms with Gasteiger partial charge in [-0.25, -0.2) is 4.79 Å². The summed E-state index contributed by atoms with van der Waals surface area (Å²) in [7, 11) is 0. The van der Waals surface area contributed by atoms with Crippen LogP contribution in [0.2, 0.25) is 0 Å². The lowest BCUT2D eigenvalue weighted by molar-refractivity contribution is -0.302. The highest BCUT2D eigenvalue weighted by molar-refractivity contribution is 5.82. The van der Waals surface area contributed by atoms with Gasteiger partial charge in [-0.05, 0) is 44.9 Å². The van der Waals surface area contributed by atoms with Crippen LogP contribution in [0, 0.1) is 22.7 Å². The highest BCUT2D eigenvalue weighted by atomic mass is 16.6. The predicted octanol–water partition coefficient (Wildman–Crippen LogP) is 1.97. The summed E-state index contributed by atoms with van der Waals surface area (Å²) < 4.78 is 17.7. The maximum atomic E-state index is 12.7. The molecule has 6 heteroatoms. The minimum atomic E-state index is -0.842. The van der Waals surface area contributed by atoms with E-state index in [9.17, 15) is 14.7 Å². The van der Waals surface area contributed by atoms with Crippen LogP contribution in [0.15, 0.2) is 0 Å². The Balaban J connectivity index is 1.64. The molecular weight excluding hydrogens is 336 g/mol. The van der Waals surface area contributed by atoms with Crippen LogP contribution >= 0.6 is 0 Å². The average Bonchev–Trinajstić information content (AvgIpc) is 3.16. The second-order valence-corrected chi connectivity index (χ2v) is 9.56. The molecular formula is C20H28O6. The molecule has 1 N–H and O–H groups in total. The molecule has 2 spiro atoms. The molecule has 5 rings (SSSR count). The van der Waals surface area contributed by atoms with Crippen LogP contribution in [0.1, 0.15) is 58.8 Å². The van der Waals surface area contributed by atoms with Crippen molar-refractivity contribution in [2.75, 3.05) is 13.2 Å². The third kappa shape index (κ3) is 1.71. The lowest BCUT2D eigenvalue weighted by atomic mass is 9.42. The van der Waals surface area contributed by atoms with E-state index in [1.54, 1.807) is 0 Å². The number of cyclic esters (lactones) is 2. The van der Waals surface area contributed by atoms with Gasteiger partial charge in [-0.3, -0.25) is 4.79 Å². The Kier molecular flexibility index (Phi) is 3.28. The van der Waals surface area contributed by atoms with Crippen molar-refractivity contribution in [3.63, 3.8) is 0 Å². The molecule has 3 aliphatic heterocycles. The van der Waals surface area contributed by atoms with Gasteiger partial charge in [0.25, 0.3) is 0 Å². The molecule has 7 atom stereocenters. The summed E-state index contributed by atoms with van der Waals surface area (Å²) in [4.78, 5) is 25.1. The molecule has 3 saturated heterocycles. The Hall–Kier alpha value is -1.14. The van der Waals surface area contributed by atoms with E-state index in [1.165, 1.54) is 0 Å². The van der Waals surface area contributed by atoms with Gasteiger partial charge in [0.05, 0.1) is 23.7 Å². The quantitative estimate of drug-likeness (QED) is 0.662. The van der Waals surface area contributed by atoms with Crippen LogP contribution in [0.25, 0.3) is 0 Å². The van der Waals surface area contributed by atoms with Gasteiger partial charge in [0.15, 0.2) is 5.60 Å². The molecule has 0 amide bonds. The van der Waals surface area contributed by atoms with Crippen LogP contribution in [0.4, 0.5) is 0 Å². The molecule has 2 bridgehead atoms. The van der Waals surface area contributed by atoms with Gasteiger partial charge in [0, 0.05) is 17.8 Å². The number of hydrogen-bond acceptors (Lipinski definition) is 6. The fraction of sp³-hybridized carbons (Fsp3) is 0.900. The van der Waals surface area contributed by atoms with Crippen molar-refractivity contribution in [3.05, 3.63) is 0 Å². The lowest BCUT2D eigenvalue weighted by Crippen LogP contribution is -2.73. The van der Waals surface area contributed by atoms with Gasteiger partial charge in [0.2, 0.25) is 0 Å². The van der Waals surface area contributed by atoms with Gasteiger partial charge in [-0.2, -0.15) is 0 Å². The Bertz CT molecular complexity index is 677. The van der Waals surface area contributed by atoms with Crippen molar-refractivity contribution in [1.29, 1.82) is 0 Å². The molecule has 0 radical (unpaired) electrons. The van der Waals surface area contributed by atoms with Crippen molar-refractivity contribution < 1.29 is 28.9 Å². The summed E-state index contributed by atoms with van der Waals surface area (Å²) in [5, 5.41) is 11.1. The molecule has 3 heterocycles.